The molecule has 1 rings (SSSR count). The molecule has 0 saturated carbocycles. The predicted octanol–water partition coefficient (Wildman–Crippen LogP) is 2.56. The van der Waals surface area contributed by atoms with Crippen LogP contribution in [-0.4, -0.2) is 17.5 Å². The fourth-order valence-corrected chi connectivity index (χ4v) is 1.29. The molecule has 5 heteroatoms. The Kier molecular flexibility index (Phi) is 4.39. The zero-order valence-electron chi connectivity index (χ0n) is 9.67. The smallest absolute Gasteiger partial charge is 0.331 e. The fourth-order valence-electron chi connectivity index (χ4n) is 1.29. The zero-order chi connectivity index (χ0) is 12.8. The molecule has 0 bridgehead atoms. The van der Waals surface area contributed by atoms with Crippen LogP contribution >= 0.6 is 0 Å². The van der Waals surface area contributed by atoms with Gasteiger partial charge in [0.05, 0.1) is 11.5 Å². The summed E-state index contributed by atoms with van der Waals surface area (Å²) in [7, 11) is 0. The Morgan fingerprint density at radius 2 is 2.00 bits per heavy atom. The quantitative estimate of drug-likeness (QED) is 0.348. The number of carbonyl (C=O) groups is 1. The van der Waals surface area contributed by atoms with Crippen LogP contribution < -0.4 is 0 Å². The molecule has 1 aromatic carbocycles. The first-order chi connectivity index (χ1) is 8.04. The standard InChI is InChI=1S/C12H13NO4/c1-3-17-12(14)8-9(2)10-4-6-11(7-5-10)13(15)16/h4-8H,3H2,1-2H3/b9-8-. The van der Waals surface area contributed by atoms with Crippen molar-refractivity contribution in [3.05, 3.63) is 46.0 Å². The number of rotatable bonds is 4. The minimum Gasteiger partial charge on any atom is -0.463 e. The average molecular weight is 235 g/mol. The summed E-state index contributed by atoms with van der Waals surface area (Å²) < 4.78 is 4.77. The molecule has 0 N–H and O–H groups in total. The lowest BCUT2D eigenvalue weighted by atomic mass is 10.1. The first-order valence-electron chi connectivity index (χ1n) is 5.14. The molecule has 17 heavy (non-hydrogen) atoms. The van der Waals surface area contributed by atoms with E-state index in [0.29, 0.717) is 12.2 Å². The lowest BCUT2D eigenvalue weighted by Crippen LogP contribution is -2.00. The van der Waals surface area contributed by atoms with Gasteiger partial charge in [-0.15, -0.1) is 0 Å². The van der Waals surface area contributed by atoms with Crippen LogP contribution in [0.15, 0.2) is 30.3 Å². The number of esters is 1. The van der Waals surface area contributed by atoms with E-state index in [9.17, 15) is 14.9 Å². The van der Waals surface area contributed by atoms with Crippen LogP contribution in [0.4, 0.5) is 5.69 Å². The van der Waals surface area contributed by atoms with Gasteiger partial charge in [-0.2, -0.15) is 0 Å². The van der Waals surface area contributed by atoms with E-state index in [-0.39, 0.29) is 5.69 Å². The fraction of sp³-hybridized carbons (Fsp3) is 0.250. The Morgan fingerprint density at radius 3 is 2.47 bits per heavy atom. The van der Waals surface area contributed by atoms with Crippen molar-refractivity contribution in [2.75, 3.05) is 6.61 Å². The molecular formula is C12H13NO4. The molecule has 0 amide bonds. The van der Waals surface area contributed by atoms with Gasteiger partial charge in [0.15, 0.2) is 0 Å². The van der Waals surface area contributed by atoms with Gasteiger partial charge >= 0.3 is 5.97 Å². The Hall–Kier alpha value is -2.17. The molecule has 0 heterocycles. The number of non-ortho nitro benzene ring substituents is 1. The summed E-state index contributed by atoms with van der Waals surface area (Å²) in [6.45, 7) is 3.80. The number of nitrogens with zero attached hydrogens (tertiary/aromatic N) is 1. The largest absolute Gasteiger partial charge is 0.463 e. The van der Waals surface area contributed by atoms with Gasteiger partial charge in [0.25, 0.3) is 5.69 Å². The summed E-state index contributed by atoms with van der Waals surface area (Å²) >= 11 is 0. The molecular weight excluding hydrogens is 222 g/mol. The first kappa shape index (κ1) is 12.9. The molecule has 5 nitrogen and oxygen atoms in total. The lowest BCUT2D eigenvalue weighted by molar-refractivity contribution is -0.384. The molecule has 0 spiro atoms. The molecule has 0 aliphatic rings. The van der Waals surface area contributed by atoms with Crippen LogP contribution in [0, 0.1) is 10.1 Å². The van der Waals surface area contributed by atoms with Crippen molar-refractivity contribution >= 4 is 17.2 Å². The molecule has 0 aromatic heterocycles. The average Bonchev–Trinajstić information content (AvgIpc) is 2.29. The number of hydrogen-bond donors (Lipinski definition) is 0. The predicted molar refractivity (Wildman–Crippen MR) is 63.4 cm³/mol. The minimum atomic E-state index is -0.464. The summed E-state index contributed by atoms with van der Waals surface area (Å²) in [4.78, 5) is 21.2. The summed E-state index contributed by atoms with van der Waals surface area (Å²) in [5.74, 6) is -0.414. The topological polar surface area (TPSA) is 69.4 Å². The molecule has 0 atom stereocenters. The first-order valence-corrected chi connectivity index (χ1v) is 5.14. The maximum Gasteiger partial charge on any atom is 0.331 e. The Balaban J connectivity index is 2.86. The van der Waals surface area contributed by atoms with Gasteiger partial charge in [0, 0.05) is 18.2 Å². The van der Waals surface area contributed by atoms with Gasteiger partial charge in [-0.1, -0.05) is 0 Å². The van der Waals surface area contributed by atoms with E-state index >= 15 is 0 Å². The van der Waals surface area contributed by atoms with Crippen molar-refractivity contribution in [3.63, 3.8) is 0 Å². The molecule has 0 radical (unpaired) electrons. The second kappa shape index (κ2) is 5.79. The maximum atomic E-state index is 11.2. The Labute approximate surface area is 98.9 Å². The summed E-state index contributed by atoms with van der Waals surface area (Å²) in [5, 5.41) is 10.5. The molecule has 1 aromatic rings. The van der Waals surface area contributed by atoms with E-state index in [1.165, 1.54) is 18.2 Å². The van der Waals surface area contributed by atoms with Crippen molar-refractivity contribution in [1.82, 2.24) is 0 Å². The normalized spacial score (nSPS) is 11.1. The van der Waals surface area contributed by atoms with Crippen molar-refractivity contribution in [3.8, 4) is 0 Å². The highest BCUT2D eigenvalue weighted by Gasteiger charge is 2.05. The molecule has 90 valence electrons. The van der Waals surface area contributed by atoms with Crippen LogP contribution in [0.5, 0.6) is 0 Å². The Bertz CT molecular complexity index is 448. The third-order valence-electron chi connectivity index (χ3n) is 2.15. The van der Waals surface area contributed by atoms with Crippen molar-refractivity contribution < 1.29 is 14.5 Å². The number of nitro groups is 1. The highest BCUT2D eigenvalue weighted by Crippen LogP contribution is 2.18. The van der Waals surface area contributed by atoms with Crippen molar-refractivity contribution in [2.24, 2.45) is 0 Å². The number of benzene rings is 1. The van der Waals surface area contributed by atoms with E-state index in [0.717, 1.165) is 5.56 Å². The van der Waals surface area contributed by atoms with Crippen molar-refractivity contribution in [1.29, 1.82) is 0 Å². The number of nitro benzene ring substituents is 1. The van der Waals surface area contributed by atoms with Gasteiger partial charge in [0.2, 0.25) is 0 Å². The van der Waals surface area contributed by atoms with Crippen LogP contribution in [0.3, 0.4) is 0 Å². The molecule has 0 aliphatic carbocycles. The van der Waals surface area contributed by atoms with Crippen LogP contribution in [0.1, 0.15) is 19.4 Å². The summed E-state index contributed by atoms with van der Waals surface area (Å²) in [6, 6.07) is 6.00. The van der Waals surface area contributed by atoms with Gasteiger partial charge in [0.1, 0.15) is 0 Å². The van der Waals surface area contributed by atoms with Crippen LogP contribution in [0.25, 0.3) is 5.57 Å². The van der Waals surface area contributed by atoms with E-state index < -0.39 is 10.9 Å². The number of carbonyl (C=O) groups excluding carboxylic acids is 1. The van der Waals surface area contributed by atoms with Gasteiger partial charge < -0.3 is 4.74 Å². The minimum absolute atomic E-state index is 0.0256. The number of allylic oxidation sites excluding steroid dienone is 1. The van der Waals surface area contributed by atoms with Gasteiger partial charge in [-0.05, 0) is 37.1 Å². The molecule has 0 fully saturated rings. The second-order valence-electron chi connectivity index (χ2n) is 3.38. The van der Waals surface area contributed by atoms with E-state index in [2.05, 4.69) is 0 Å². The maximum absolute atomic E-state index is 11.2. The highest BCUT2D eigenvalue weighted by molar-refractivity contribution is 5.90. The monoisotopic (exact) mass is 235 g/mol. The zero-order valence-corrected chi connectivity index (χ0v) is 9.67. The van der Waals surface area contributed by atoms with E-state index in [1.54, 1.807) is 26.0 Å². The van der Waals surface area contributed by atoms with Crippen LogP contribution in [-0.2, 0) is 9.53 Å². The number of hydrogen-bond acceptors (Lipinski definition) is 4. The number of ether oxygens (including phenoxy) is 1. The molecule has 0 aliphatic heterocycles. The second-order valence-corrected chi connectivity index (χ2v) is 3.38. The van der Waals surface area contributed by atoms with Crippen LogP contribution in [0.2, 0.25) is 0 Å². The Morgan fingerprint density at radius 1 is 1.41 bits per heavy atom. The lowest BCUT2D eigenvalue weighted by Gasteiger charge is -2.01. The highest BCUT2D eigenvalue weighted by atomic mass is 16.6. The molecule has 0 unspecified atom stereocenters. The van der Waals surface area contributed by atoms with E-state index in [1.807, 2.05) is 0 Å². The van der Waals surface area contributed by atoms with Gasteiger partial charge in [-0.25, -0.2) is 4.79 Å². The van der Waals surface area contributed by atoms with Crippen molar-refractivity contribution in [2.45, 2.75) is 13.8 Å². The van der Waals surface area contributed by atoms with E-state index in [4.69, 9.17) is 4.74 Å². The summed E-state index contributed by atoms with van der Waals surface area (Å²) in [5.41, 5.74) is 1.49. The van der Waals surface area contributed by atoms with Gasteiger partial charge in [-0.3, -0.25) is 10.1 Å². The summed E-state index contributed by atoms with van der Waals surface area (Å²) in [6.07, 6.45) is 1.37. The third kappa shape index (κ3) is 3.71. The molecule has 0 saturated heterocycles. The third-order valence-corrected chi connectivity index (χ3v) is 2.15. The SMILES string of the molecule is CCOC(=O)/C=C(/C)c1ccc([N+](=O)[O-])cc1.